The fraction of sp³-hybridized carbons (Fsp3) is 0.133. The number of rotatable bonds is 2. The highest BCUT2D eigenvalue weighted by Crippen LogP contribution is 2.25. The number of amides is 1. The van der Waals surface area contributed by atoms with Crippen LogP contribution in [0.3, 0.4) is 0 Å². The summed E-state index contributed by atoms with van der Waals surface area (Å²) in [5, 5.41) is 4.27. The maximum absolute atomic E-state index is 12.4. The molecule has 21 heavy (non-hydrogen) atoms. The van der Waals surface area contributed by atoms with E-state index in [0.29, 0.717) is 21.4 Å². The van der Waals surface area contributed by atoms with Gasteiger partial charge >= 0.3 is 0 Å². The standard InChI is InChI=1S/C15H14N4OS/c1-8-6-7-10-4-3-5-11(12(10)17-8)19-14(20)13-9(2)18-15(16)21-13/h3-7H,1-2H3,(H2,16,18)(H,19,20). The molecule has 3 rings (SSSR count). The lowest BCUT2D eigenvalue weighted by atomic mass is 10.1. The van der Waals surface area contributed by atoms with E-state index in [2.05, 4.69) is 15.3 Å². The number of aromatic nitrogens is 2. The van der Waals surface area contributed by atoms with Crippen LogP contribution in [0.2, 0.25) is 0 Å². The Morgan fingerprint density at radius 1 is 1.19 bits per heavy atom. The molecular formula is C15H14N4OS. The number of carbonyl (C=O) groups excluding carboxylic acids is 1. The van der Waals surface area contributed by atoms with Crippen LogP contribution in [0.1, 0.15) is 21.1 Å². The van der Waals surface area contributed by atoms with E-state index >= 15 is 0 Å². The molecule has 2 heterocycles. The number of hydrogen-bond acceptors (Lipinski definition) is 5. The number of para-hydroxylation sites is 1. The minimum Gasteiger partial charge on any atom is -0.375 e. The topological polar surface area (TPSA) is 80.9 Å². The van der Waals surface area contributed by atoms with Crippen LogP contribution in [0, 0.1) is 13.8 Å². The average Bonchev–Trinajstić information content (AvgIpc) is 2.78. The number of nitrogens with two attached hydrogens (primary N) is 1. The van der Waals surface area contributed by atoms with E-state index in [0.717, 1.165) is 16.6 Å². The zero-order valence-corrected chi connectivity index (χ0v) is 12.5. The van der Waals surface area contributed by atoms with Crippen molar-refractivity contribution < 1.29 is 4.79 Å². The van der Waals surface area contributed by atoms with E-state index in [1.165, 1.54) is 11.3 Å². The molecule has 0 spiro atoms. The van der Waals surface area contributed by atoms with Crippen LogP contribution in [-0.2, 0) is 0 Å². The van der Waals surface area contributed by atoms with Gasteiger partial charge in [-0.2, -0.15) is 0 Å². The second kappa shape index (κ2) is 5.14. The van der Waals surface area contributed by atoms with Gasteiger partial charge in [-0.3, -0.25) is 9.78 Å². The largest absolute Gasteiger partial charge is 0.375 e. The predicted octanol–water partition coefficient (Wildman–Crippen LogP) is 3.14. The Morgan fingerprint density at radius 3 is 2.71 bits per heavy atom. The molecule has 0 atom stereocenters. The van der Waals surface area contributed by atoms with Gasteiger partial charge in [-0.05, 0) is 26.0 Å². The lowest BCUT2D eigenvalue weighted by molar-refractivity contribution is 0.103. The van der Waals surface area contributed by atoms with Gasteiger partial charge in [-0.1, -0.05) is 29.5 Å². The third-order valence-corrected chi connectivity index (χ3v) is 4.11. The average molecular weight is 298 g/mol. The van der Waals surface area contributed by atoms with Gasteiger partial charge in [0.1, 0.15) is 4.88 Å². The zero-order chi connectivity index (χ0) is 15.0. The SMILES string of the molecule is Cc1ccc2cccc(NC(=O)c3sc(N)nc3C)c2n1. The monoisotopic (exact) mass is 298 g/mol. The van der Waals surface area contributed by atoms with Gasteiger partial charge in [0.25, 0.3) is 5.91 Å². The van der Waals surface area contributed by atoms with Crippen molar-refractivity contribution in [2.45, 2.75) is 13.8 Å². The summed E-state index contributed by atoms with van der Waals surface area (Å²) in [5.74, 6) is -0.211. The van der Waals surface area contributed by atoms with Crippen LogP contribution < -0.4 is 11.1 Å². The molecule has 1 amide bonds. The van der Waals surface area contributed by atoms with Gasteiger partial charge in [0.15, 0.2) is 5.13 Å². The fourth-order valence-corrected chi connectivity index (χ4v) is 2.88. The molecule has 0 unspecified atom stereocenters. The summed E-state index contributed by atoms with van der Waals surface area (Å²) < 4.78 is 0. The molecule has 0 aliphatic heterocycles. The highest BCUT2D eigenvalue weighted by molar-refractivity contribution is 7.17. The Morgan fingerprint density at radius 2 is 2.00 bits per heavy atom. The Labute approximate surface area is 125 Å². The molecule has 2 aromatic heterocycles. The lowest BCUT2D eigenvalue weighted by Crippen LogP contribution is -2.12. The van der Waals surface area contributed by atoms with Gasteiger partial charge in [-0.25, -0.2) is 4.98 Å². The molecular weight excluding hydrogens is 284 g/mol. The summed E-state index contributed by atoms with van der Waals surface area (Å²) >= 11 is 1.18. The van der Waals surface area contributed by atoms with Crippen LogP contribution in [0.25, 0.3) is 10.9 Å². The van der Waals surface area contributed by atoms with Gasteiger partial charge in [0, 0.05) is 11.1 Å². The number of anilines is 2. The second-order valence-electron chi connectivity index (χ2n) is 4.75. The van der Waals surface area contributed by atoms with Crippen LogP contribution >= 0.6 is 11.3 Å². The molecule has 0 radical (unpaired) electrons. The number of aryl methyl sites for hydroxylation is 2. The number of nitrogens with one attached hydrogen (secondary N) is 1. The normalized spacial score (nSPS) is 10.8. The van der Waals surface area contributed by atoms with Gasteiger partial charge in [0.2, 0.25) is 0 Å². The Hall–Kier alpha value is -2.47. The van der Waals surface area contributed by atoms with E-state index in [9.17, 15) is 4.79 Å². The summed E-state index contributed by atoms with van der Waals surface area (Å²) in [6.07, 6.45) is 0. The van der Waals surface area contributed by atoms with E-state index in [-0.39, 0.29) is 5.91 Å². The van der Waals surface area contributed by atoms with E-state index in [1.807, 2.05) is 37.3 Å². The quantitative estimate of drug-likeness (QED) is 0.761. The third kappa shape index (κ3) is 2.57. The summed E-state index contributed by atoms with van der Waals surface area (Å²) in [4.78, 5) is 21.4. The number of pyridine rings is 1. The molecule has 1 aromatic carbocycles. The number of carbonyl (C=O) groups is 1. The molecule has 5 nitrogen and oxygen atoms in total. The molecule has 0 aliphatic rings. The molecule has 0 aliphatic carbocycles. The van der Waals surface area contributed by atoms with Gasteiger partial charge in [0.05, 0.1) is 16.9 Å². The fourth-order valence-electron chi connectivity index (χ4n) is 2.15. The molecule has 0 saturated heterocycles. The lowest BCUT2D eigenvalue weighted by Gasteiger charge is -2.08. The maximum atomic E-state index is 12.4. The maximum Gasteiger partial charge on any atom is 0.267 e. The van der Waals surface area contributed by atoms with E-state index < -0.39 is 0 Å². The zero-order valence-electron chi connectivity index (χ0n) is 11.7. The molecule has 106 valence electrons. The van der Waals surface area contributed by atoms with Gasteiger partial charge in [-0.15, -0.1) is 0 Å². The summed E-state index contributed by atoms with van der Waals surface area (Å²) in [5.41, 5.74) is 8.65. The molecule has 6 heteroatoms. The number of thiazole rings is 1. The Bertz CT molecular complexity index is 841. The third-order valence-electron chi connectivity index (χ3n) is 3.13. The first-order chi connectivity index (χ1) is 10.0. The number of fused-ring (bicyclic) bond motifs is 1. The molecule has 3 N–H and O–H groups in total. The minimum atomic E-state index is -0.211. The summed E-state index contributed by atoms with van der Waals surface area (Å²) in [6.45, 7) is 3.69. The molecule has 0 bridgehead atoms. The first-order valence-electron chi connectivity index (χ1n) is 6.45. The number of hydrogen-bond donors (Lipinski definition) is 2. The Balaban J connectivity index is 2.00. The van der Waals surface area contributed by atoms with E-state index in [4.69, 9.17) is 5.73 Å². The van der Waals surface area contributed by atoms with Gasteiger partial charge < -0.3 is 11.1 Å². The van der Waals surface area contributed by atoms with Crippen molar-refractivity contribution >= 4 is 39.0 Å². The van der Waals surface area contributed by atoms with Crippen LogP contribution in [0.4, 0.5) is 10.8 Å². The van der Waals surface area contributed by atoms with E-state index in [1.54, 1.807) is 6.92 Å². The van der Waals surface area contributed by atoms with Crippen LogP contribution in [0.5, 0.6) is 0 Å². The highest BCUT2D eigenvalue weighted by Gasteiger charge is 2.15. The molecule has 3 aromatic rings. The number of nitrogens with zero attached hydrogens (tertiary/aromatic N) is 2. The molecule has 0 saturated carbocycles. The first-order valence-corrected chi connectivity index (χ1v) is 7.27. The summed E-state index contributed by atoms with van der Waals surface area (Å²) in [6, 6.07) is 9.63. The van der Waals surface area contributed by atoms with Crippen molar-refractivity contribution in [3.05, 3.63) is 46.6 Å². The second-order valence-corrected chi connectivity index (χ2v) is 5.78. The van der Waals surface area contributed by atoms with Crippen molar-refractivity contribution in [1.82, 2.24) is 9.97 Å². The van der Waals surface area contributed by atoms with Crippen molar-refractivity contribution in [3.63, 3.8) is 0 Å². The first kappa shape index (κ1) is 13.5. The highest BCUT2D eigenvalue weighted by atomic mass is 32.1. The van der Waals surface area contributed by atoms with Crippen molar-refractivity contribution in [2.24, 2.45) is 0 Å². The smallest absolute Gasteiger partial charge is 0.267 e. The van der Waals surface area contributed by atoms with Crippen LogP contribution in [-0.4, -0.2) is 15.9 Å². The number of benzene rings is 1. The van der Waals surface area contributed by atoms with Crippen molar-refractivity contribution in [1.29, 1.82) is 0 Å². The van der Waals surface area contributed by atoms with Crippen molar-refractivity contribution in [2.75, 3.05) is 11.1 Å². The Kier molecular flexibility index (Phi) is 3.31. The number of nitrogen functional groups attached to an aromatic ring is 1. The molecule has 0 fully saturated rings. The minimum absolute atomic E-state index is 0.211. The predicted molar refractivity (Wildman–Crippen MR) is 85.7 cm³/mol. The van der Waals surface area contributed by atoms with Crippen LogP contribution in [0.15, 0.2) is 30.3 Å². The summed E-state index contributed by atoms with van der Waals surface area (Å²) in [7, 11) is 0. The van der Waals surface area contributed by atoms with Crippen molar-refractivity contribution in [3.8, 4) is 0 Å².